The van der Waals surface area contributed by atoms with E-state index in [1.165, 1.54) is 36.1 Å². The molecule has 0 unspecified atom stereocenters. The molecule has 0 aromatic heterocycles. The lowest BCUT2D eigenvalue weighted by Crippen LogP contribution is -2.35. The Hall–Kier alpha value is -2.33. The summed E-state index contributed by atoms with van der Waals surface area (Å²) in [6.07, 6.45) is 5.10. The van der Waals surface area contributed by atoms with Crippen molar-refractivity contribution in [1.29, 1.82) is 0 Å². The zero-order valence-electron chi connectivity index (χ0n) is 18.6. The van der Waals surface area contributed by atoms with E-state index in [4.69, 9.17) is 4.74 Å². The van der Waals surface area contributed by atoms with Gasteiger partial charge in [0.25, 0.3) is 5.91 Å². The molecular weight excluding hydrogens is 384 g/mol. The molecule has 0 spiro atoms. The summed E-state index contributed by atoms with van der Waals surface area (Å²) in [7, 11) is 0. The summed E-state index contributed by atoms with van der Waals surface area (Å²) in [4.78, 5) is 12.8. The van der Waals surface area contributed by atoms with Gasteiger partial charge in [0.2, 0.25) is 0 Å². The van der Waals surface area contributed by atoms with Crippen LogP contribution in [-0.2, 0) is 4.74 Å². The monoisotopic (exact) mass is 418 g/mol. The van der Waals surface area contributed by atoms with Gasteiger partial charge in [-0.3, -0.25) is 4.79 Å². The fourth-order valence-electron chi connectivity index (χ4n) is 6.31. The van der Waals surface area contributed by atoms with E-state index in [2.05, 4.69) is 53.1 Å². The number of ether oxygens (including phenoxy) is 1. The second-order valence-corrected chi connectivity index (χ2v) is 9.80. The van der Waals surface area contributed by atoms with E-state index in [-0.39, 0.29) is 12.0 Å². The maximum absolute atomic E-state index is 12.8. The fraction of sp³-hybridized carbons (Fsp3) is 0.519. The van der Waals surface area contributed by atoms with Gasteiger partial charge < -0.3 is 15.4 Å². The van der Waals surface area contributed by atoms with Gasteiger partial charge in [-0.25, -0.2) is 0 Å². The number of hydrogen-bond donors (Lipinski definition) is 2. The van der Waals surface area contributed by atoms with Crippen molar-refractivity contribution in [3.8, 4) is 0 Å². The Kier molecular flexibility index (Phi) is 5.75. The summed E-state index contributed by atoms with van der Waals surface area (Å²) in [5.41, 5.74) is 4.75. The molecule has 164 valence electrons. The van der Waals surface area contributed by atoms with Gasteiger partial charge in [0, 0.05) is 24.4 Å². The number of fused-ring (bicyclic) bond motifs is 7. The molecule has 31 heavy (non-hydrogen) atoms. The highest BCUT2D eigenvalue weighted by Gasteiger charge is 2.53. The lowest BCUT2D eigenvalue weighted by atomic mass is 9.68. The first kappa shape index (κ1) is 20.6. The zero-order valence-corrected chi connectivity index (χ0v) is 18.6. The first-order valence-corrected chi connectivity index (χ1v) is 12.0. The normalized spacial score (nSPS) is 28.2. The SMILES string of the molecule is CC(C)OCCCNC(=O)c1ccc2c(c1)[C@@H]1[C@H]3CC[C@@H](C3)[C@@H]1[C@H](c1ccccc1)N2. The van der Waals surface area contributed by atoms with Gasteiger partial charge in [0.1, 0.15) is 0 Å². The highest BCUT2D eigenvalue weighted by atomic mass is 16.5. The minimum absolute atomic E-state index is 0.0252. The number of nitrogens with one attached hydrogen (secondary N) is 2. The summed E-state index contributed by atoms with van der Waals surface area (Å²) in [5.74, 6) is 2.76. The maximum atomic E-state index is 12.8. The topological polar surface area (TPSA) is 50.4 Å². The number of anilines is 1. The Balaban J connectivity index is 1.35. The Bertz CT molecular complexity index is 926. The molecule has 3 aliphatic rings. The van der Waals surface area contributed by atoms with Crippen LogP contribution in [0.15, 0.2) is 48.5 Å². The van der Waals surface area contributed by atoms with Crippen molar-refractivity contribution in [2.45, 2.75) is 57.6 Å². The molecule has 2 saturated carbocycles. The van der Waals surface area contributed by atoms with E-state index in [1.807, 2.05) is 19.9 Å². The van der Waals surface area contributed by atoms with Crippen LogP contribution in [0.4, 0.5) is 5.69 Å². The van der Waals surface area contributed by atoms with Crippen LogP contribution in [0, 0.1) is 17.8 Å². The summed E-state index contributed by atoms with van der Waals surface area (Å²) >= 11 is 0. The third-order valence-corrected chi connectivity index (χ3v) is 7.57. The largest absolute Gasteiger partial charge is 0.379 e. The molecule has 1 amide bonds. The lowest BCUT2D eigenvalue weighted by Gasteiger charge is -2.43. The van der Waals surface area contributed by atoms with Crippen LogP contribution in [0.3, 0.4) is 0 Å². The van der Waals surface area contributed by atoms with Crippen LogP contribution in [0.5, 0.6) is 0 Å². The van der Waals surface area contributed by atoms with E-state index in [9.17, 15) is 4.79 Å². The molecule has 2 N–H and O–H groups in total. The molecule has 2 aromatic rings. The van der Waals surface area contributed by atoms with Gasteiger partial charge >= 0.3 is 0 Å². The average molecular weight is 419 g/mol. The molecule has 0 saturated heterocycles. The van der Waals surface area contributed by atoms with Crippen LogP contribution in [0.1, 0.15) is 73.0 Å². The smallest absolute Gasteiger partial charge is 0.251 e. The Labute approximate surface area is 185 Å². The van der Waals surface area contributed by atoms with Gasteiger partial charge in [-0.05, 0) is 92.5 Å². The Morgan fingerprint density at radius 3 is 2.74 bits per heavy atom. The van der Waals surface area contributed by atoms with E-state index in [0.29, 0.717) is 31.0 Å². The molecule has 4 nitrogen and oxygen atoms in total. The third-order valence-electron chi connectivity index (χ3n) is 7.57. The fourth-order valence-corrected chi connectivity index (χ4v) is 6.31. The molecule has 5 rings (SSSR count). The van der Waals surface area contributed by atoms with Crippen LogP contribution in [-0.4, -0.2) is 25.2 Å². The third kappa shape index (κ3) is 3.98. The number of carbonyl (C=O) groups is 1. The van der Waals surface area contributed by atoms with Crippen LogP contribution < -0.4 is 10.6 Å². The second kappa shape index (κ2) is 8.66. The van der Waals surface area contributed by atoms with Gasteiger partial charge in [0.15, 0.2) is 0 Å². The zero-order chi connectivity index (χ0) is 21.4. The van der Waals surface area contributed by atoms with E-state index < -0.39 is 0 Å². The molecule has 2 aromatic carbocycles. The Morgan fingerprint density at radius 1 is 1.13 bits per heavy atom. The van der Waals surface area contributed by atoms with Gasteiger partial charge in [-0.1, -0.05) is 30.3 Å². The van der Waals surface area contributed by atoms with Crippen molar-refractivity contribution in [1.82, 2.24) is 5.32 Å². The quantitative estimate of drug-likeness (QED) is 0.582. The number of amides is 1. The summed E-state index contributed by atoms with van der Waals surface area (Å²) < 4.78 is 5.57. The van der Waals surface area contributed by atoms with Crippen molar-refractivity contribution in [2.75, 3.05) is 18.5 Å². The molecule has 5 atom stereocenters. The summed E-state index contributed by atoms with van der Waals surface area (Å²) in [6.45, 7) is 5.39. The molecule has 0 radical (unpaired) electrons. The second-order valence-electron chi connectivity index (χ2n) is 9.80. The van der Waals surface area contributed by atoms with Crippen molar-refractivity contribution in [3.63, 3.8) is 0 Å². The highest BCUT2D eigenvalue weighted by molar-refractivity contribution is 5.95. The predicted molar refractivity (Wildman–Crippen MR) is 124 cm³/mol. The molecular formula is C27H34N2O2. The maximum Gasteiger partial charge on any atom is 0.251 e. The molecule has 4 heteroatoms. The molecule has 1 heterocycles. The molecule has 1 aliphatic heterocycles. The predicted octanol–water partition coefficient (Wildman–Crippen LogP) is 5.53. The molecule has 2 fully saturated rings. The van der Waals surface area contributed by atoms with Crippen molar-refractivity contribution < 1.29 is 9.53 Å². The minimum Gasteiger partial charge on any atom is -0.379 e. The number of carbonyl (C=O) groups excluding carboxylic acids is 1. The van der Waals surface area contributed by atoms with Gasteiger partial charge in [-0.2, -0.15) is 0 Å². The van der Waals surface area contributed by atoms with Crippen molar-refractivity contribution >= 4 is 11.6 Å². The van der Waals surface area contributed by atoms with E-state index in [1.54, 1.807) is 0 Å². The number of benzene rings is 2. The lowest BCUT2D eigenvalue weighted by molar-refractivity contribution is 0.0757. The first-order chi connectivity index (χ1) is 15.1. The van der Waals surface area contributed by atoms with Crippen LogP contribution >= 0.6 is 0 Å². The van der Waals surface area contributed by atoms with Crippen molar-refractivity contribution in [2.24, 2.45) is 17.8 Å². The highest BCUT2D eigenvalue weighted by Crippen LogP contribution is 2.63. The van der Waals surface area contributed by atoms with Crippen LogP contribution in [0.2, 0.25) is 0 Å². The molecule has 2 bridgehead atoms. The minimum atomic E-state index is 0.0252. The summed E-state index contributed by atoms with van der Waals surface area (Å²) in [5, 5.41) is 6.93. The van der Waals surface area contributed by atoms with Gasteiger partial charge in [0.05, 0.1) is 12.1 Å². The van der Waals surface area contributed by atoms with E-state index in [0.717, 1.165) is 23.8 Å². The van der Waals surface area contributed by atoms with Crippen LogP contribution in [0.25, 0.3) is 0 Å². The number of rotatable bonds is 7. The average Bonchev–Trinajstić information content (AvgIpc) is 3.41. The number of hydrogen-bond acceptors (Lipinski definition) is 3. The first-order valence-electron chi connectivity index (χ1n) is 12.0. The summed E-state index contributed by atoms with van der Waals surface area (Å²) in [6, 6.07) is 17.6. The Morgan fingerprint density at radius 2 is 1.94 bits per heavy atom. The molecule has 2 aliphatic carbocycles. The van der Waals surface area contributed by atoms with E-state index >= 15 is 0 Å². The standard InChI is InChI=1S/C27H34N2O2/c1-17(2)31-14-6-13-28-27(30)21-11-12-23-22(16-21)24-19-9-10-20(15-19)25(24)26(29-23)18-7-4-3-5-8-18/h3-5,7-8,11-12,16-17,19-20,24-26,29H,6,9-10,13-15H2,1-2H3,(H,28,30)/t19-,20-,24-,25-,26-/m0/s1. The van der Waals surface area contributed by atoms with Gasteiger partial charge in [-0.15, -0.1) is 0 Å². The van der Waals surface area contributed by atoms with Crippen molar-refractivity contribution in [3.05, 3.63) is 65.2 Å².